The maximum atomic E-state index is 11.8. The molecule has 1 heterocycles. The van der Waals surface area contributed by atoms with E-state index < -0.39 is 15.6 Å². The van der Waals surface area contributed by atoms with Crippen LogP contribution in [0, 0.1) is 12.8 Å². The predicted octanol–water partition coefficient (Wildman–Crippen LogP) is 1.46. The monoisotopic (exact) mass is 317 g/mol. The second kappa shape index (κ2) is 6.83. The van der Waals surface area contributed by atoms with Gasteiger partial charge in [-0.25, -0.2) is 13.1 Å². The summed E-state index contributed by atoms with van der Waals surface area (Å²) in [5.74, 6) is 1.11. The number of nitrogens with zero attached hydrogens (tertiary/aromatic N) is 5. The van der Waals surface area contributed by atoms with Gasteiger partial charge in [-0.1, -0.05) is 13.3 Å². The van der Waals surface area contributed by atoms with Crippen molar-refractivity contribution in [3.8, 4) is 0 Å². The van der Waals surface area contributed by atoms with E-state index in [2.05, 4.69) is 22.4 Å². The van der Waals surface area contributed by atoms with Crippen molar-refractivity contribution in [3.05, 3.63) is 5.82 Å². The van der Waals surface area contributed by atoms with Gasteiger partial charge in [-0.15, -0.1) is 5.10 Å². The molecule has 0 saturated heterocycles. The molecule has 1 aromatic heterocycles. The van der Waals surface area contributed by atoms with E-state index >= 15 is 0 Å². The minimum absolute atomic E-state index is 0.330. The molecule has 0 amide bonds. The summed E-state index contributed by atoms with van der Waals surface area (Å²) in [6.07, 6.45) is 4.07. The molecule has 1 rings (SSSR count). The molecule has 0 aliphatic heterocycles. The van der Waals surface area contributed by atoms with Crippen LogP contribution in [0.25, 0.3) is 0 Å². The van der Waals surface area contributed by atoms with Crippen molar-refractivity contribution in [1.82, 2.24) is 24.5 Å². The van der Waals surface area contributed by atoms with E-state index in [0.717, 1.165) is 25.1 Å². The van der Waals surface area contributed by atoms with Crippen LogP contribution in [0.5, 0.6) is 0 Å². The van der Waals surface area contributed by atoms with Crippen LogP contribution < -0.4 is 0 Å². The van der Waals surface area contributed by atoms with E-state index in [4.69, 9.17) is 0 Å². The lowest BCUT2D eigenvalue weighted by Crippen LogP contribution is -2.46. The molecular formula is C13H27N5O2S. The fourth-order valence-electron chi connectivity index (χ4n) is 2.61. The predicted molar refractivity (Wildman–Crippen MR) is 82.3 cm³/mol. The van der Waals surface area contributed by atoms with Crippen LogP contribution in [-0.2, 0) is 16.6 Å². The Hall–Kier alpha value is -1.02. The quantitative estimate of drug-likeness (QED) is 0.725. The topological polar surface area (TPSA) is 81.0 Å². The first kappa shape index (κ1) is 18.0. The molecule has 21 heavy (non-hydrogen) atoms. The van der Waals surface area contributed by atoms with Crippen LogP contribution in [0.4, 0.5) is 0 Å². The Morgan fingerprint density at radius 1 is 1.38 bits per heavy atom. The summed E-state index contributed by atoms with van der Waals surface area (Å²) in [7, 11) is -1.57. The van der Waals surface area contributed by atoms with Crippen molar-refractivity contribution in [1.29, 1.82) is 0 Å². The lowest BCUT2D eigenvalue weighted by molar-refractivity contribution is 0.191. The zero-order chi connectivity index (χ0) is 16.3. The smallest absolute Gasteiger partial charge is 0.211 e. The fraction of sp³-hybridized carbons (Fsp3) is 0.923. The Labute approximate surface area is 127 Å². The minimum atomic E-state index is -3.21. The molecule has 7 nitrogen and oxygen atoms in total. The van der Waals surface area contributed by atoms with Gasteiger partial charge in [0.25, 0.3) is 0 Å². The molecule has 0 radical (unpaired) electrons. The molecule has 0 bridgehead atoms. The molecule has 0 saturated carbocycles. The van der Waals surface area contributed by atoms with Gasteiger partial charge in [0.05, 0.1) is 6.26 Å². The van der Waals surface area contributed by atoms with E-state index in [9.17, 15) is 8.42 Å². The molecule has 0 aliphatic carbocycles. The number of rotatable bonds is 8. The highest BCUT2D eigenvalue weighted by molar-refractivity contribution is 7.88. The second-order valence-electron chi connectivity index (χ2n) is 6.31. The molecular weight excluding hydrogens is 290 g/mol. The van der Waals surface area contributed by atoms with Crippen LogP contribution in [-0.4, -0.2) is 51.8 Å². The van der Waals surface area contributed by atoms with Crippen molar-refractivity contribution in [2.45, 2.75) is 59.0 Å². The van der Waals surface area contributed by atoms with Gasteiger partial charge in [-0.05, 0) is 50.0 Å². The van der Waals surface area contributed by atoms with Gasteiger partial charge in [0.1, 0.15) is 5.82 Å². The van der Waals surface area contributed by atoms with Gasteiger partial charge in [-0.2, -0.15) is 4.31 Å². The Morgan fingerprint density at radius 3 is 2.43 bits per heavy atom. The summed E-state index contributed by atoms with van der Waals surface area (Å²) in [5, 5.41) is 11.5. The summed E-state index contributed by atoms with van der Waals surface area (Å²) in [5.41, 5.74) is -0.435. The van der Waals surface area contributed by atoms with Crippen molar-refractivity contribution in [3.63, 3.8) is 0 Å². The van der Waals surface area contributed by atoms with Gasteiger partial charge in [0.2, 0.25) is 10.0 Å². The van der Waals surface area contributed by atoms with E-state index in [1.165, 1.54) is 10.6 Å². The van der Waals surface area contributed by atoms with E-state index in [1.54, 1.807) is 11.7 Å². The first-order valence-corrected chi connectivity index (χ1v) is 9.09. The van der Waals surface area contributed by atoms with Crippen LogP contribution in [0.1, 0.15) is 45.9 Å². The van der Waals surface area contributed by atoms with E-state index in [0.29, 0.717) is 12.5 Å². The zero-order valence-electron chi connectivity index (χ0n) is 13.9. The number of aryl methyl sites for hydroxylation is 1. The molecule has 1 atom stereocenters. The van der Waals surface area contributed by atoms with Gasteiger partial charge in [0.15, 0.2) is 0 Å². The maximum absolute atomic E-state index is 11.8. The fourth-order valence-corrected chi connectivity index (χ4v) is 3.58. The molecule has 8 heteroatoms. The number of hydrogen-bond acceptors (Lipinski definition) is 5. The molecule has 0 aromatic carbocycles. The van der Waals surface area contributed by atoms with Crippen molar-refractivity contribution < 1.29 is 8.42 Å². The van der Waals surface area contributed by atoms with Crippen molar-refractivity contribution in [2.24, 2.45) is 5.92 Å². The van der Waals surface area contributed by atoms with Crippen molar-refractivity contribution in [2.75, 3.05) is 13.3 Å². The Kier molecular flexibility index (Phi) is 5.86. The Morgan fingerprint density at radius 2 is 2.00 bits per heavy atom. The summed E-state index contributed by atoms with van der Waals surface area (Å²) in [6.45, 7) is 8.64. The van der Waals surface area contributed by atoms with Gasteiger partial charge < -0.3 is 0 Å². The number of sulfonamides is 1. The van der Waals surface area contributed by atoms with Crippen molar-refractivity contribution >= 4 is 10.0 Å². The standard InChI is InChI=1S/C13H27N5O2S/c1-7-8-12(10-18-11(2)14-15-16-18)9-13(3,4)17(5)21(6,19)20/h12H,7-10H2,1-6H3. The van der Waals surface area contributed by atoms with Gasteiger partial charge in [0, 0.05) is 19.1 Å². The molecule has 1 unspecified atom stereocenters. The highest BCUT2D eigenvalue weighted by atomic mass is 32.2. The lowest BCUT2D eigenvalue weighted by atomic mass is 9.88. The highest BCUT2D eigenvalue weighted by Gasteiger charge is 2.32. The Bertz CT molecular complexity index is 553. The third-order valence-corrected chi connectivity index (χ3v) is 5.47. The number of tetrazole rings is 1. The highest BCUT2D eigenvalue weighted by Crippen LogP contribution is 2.28. The molecule has 0 fully saturated rings. The average molecular weight is 317 g/mol. The van der Waals surface area contributed by atoms with Gasteiger partial charge in [-0.3, -0.25) is 0 Å². The summed E-state index contributed by atoms with van der Waals surface area (Å²) in [6, 6.07) is 0. The third kappa shape index (κ3) is 5.03. The number of hydrogen-bond donors (Lipinski definition) is 0. The average Bonchev–Trinajstić information content (AvgIpc) is 2.72. The molecule has 0 aliphatic rings. The number of aromatic nitrogens is 4. The SMILES string of the molecule is CCCC(Cn1nnnc1C)CC(C)(C)N(C)S(C)(=O)=O. The largest absolute Gasteiger partial charge is 0.230 e. The van der Waals surface area contributed by atoms with Crippen LogP contribution >= 0.6 is 0 Å². The minimum Gasteiger partial charge on any atom is -0.230 e. The zero-order valence-corrected chi connectivity index (χ0v) is 14.7. The normalized spacial score (nSPS) is 14.6. The summed E-state index contributed by atoms with van der Waals surface area (Å²) in [4.78, 5) is 0. The molecule has 0 N–H and O–H groups in total. The van der Waals surface area contributed by atoms with E-state index in [1.807, 2.05) is 20.8 Å². The molecule has 1 aromatic rings. The van der Waals surface area contributed by atoms with Crippen LogP contribution in [0.2, 0.25) is 0 Å². The summed E-state index contributed by atoms with van der Waals surface area (Å²) < 4.78 is 26.8. The Balaban J connectivity index is 2.85. The first-order chi connectivity index (χ1) is 9.58. The van der Waals surface area contributed by atoms with E-state index in [-0.39, 0.29) is 0 Å². The molecule has 122 valence electrons. The summed E-state index contributed by atoms with van der Waals surface area (Å²) >= 11 is 0. The molecule has 0 spiro atoms. The lowest BCUT2D eigenvalue weighted by Gasteiger charge is -2.36. The van der Waals surface area contributed by atoms with Gasteiger partial charge >= 0.3 is 0 Å². The second-order valence-corrected chi connectivity index (χ2v) is 8.32. The maximum Gasteiger partial charge on any atom is 0.211 e. The van der Waals surface area contributed by atoms with Crippen LogP contribution in [0.15, 0.2) is 0 Å². The third-order valence-electron chi connectivity index (χ3n) is 3.98. The first-order valence-electron chi connectivity index (χ1n) is 7.24. The van der Waals surface area contributed by atoms with Crippen LogP contribution in [0.3, 0.4) is 0 Å².